The van der Waals surface area contributed by atoms with Gasteiger partial charge in [-0.25, -0.2) is 0 Å². The number of benzene rings is 1. The van der Waals surface area contributed by atoms with Gasteiger partial charge in [0.1, 0.15) is 5.75 Å². The van der Waals surface area contributed by atoms with Crippen LogP contribution in [0.15, 0.2) is 16.6 Å². The van der Waals surface area contributed by atoms with Gasteiger partial charge in [0.05, 0.1) is 7.11 Å². The molecule has 0 spiro atoms. The number of ether oxygens (including phenoxy) is 1. The quantitative estimate of drug-likeness (QED) is 0.746. The van der Waals surface area contributed by atoms with Crippen molar-refractivity contribution < 1.29 is 4.74 Å². The molecule has 0 bridgehead atoms. The molecule has 0 radical (unpaired) electrons. The van der Waals surface area contributed by atoms with Crippen LogP contribution in [0, 0.1) is 0 Å². The first kappa shape index (κ1) is 11.0. The van der Waals surface area contributed by atoms with Crippen LogP contribution >= 0.6 is 15.9 Å². The highest BCUT2D eigenvalue weighted by Gasteiger charge is 2.29. The van der Waals surface area contributed by atoms with Gasteiger partial charge in [-0.3, -0.25) is 0 Å². The largest absolute Gasteiger partial charge is 0.496 e. The molecule has 1 aromatic rings. The molecule has 82 valence electrons. The van der Waals surface area contributed by atoms with E-state index in [4.69, 9.17) is 4.74 Å². The van der Waals surface area contributed by atoms with Crippen LogP contribution in [0.1, 0.15) is 37.8 Å². The zero-order valence-corrected chi connectivity index (χ0v) is 11.1. The predicted octanol–water partition coefficient (Wildman–Crippen LogP) is 4.07. The lowest BCUT2D eigenvalue weighted by Crippen LogP contribution is -2.24. The fourth-order valence-electron chi connectivity index (χ4n) is 2.50. The Kier molecular flexibility index (Phi) is 2.80. The molecular formula is C13H17BrO. The van der Waals surface area contributed by atoms with Gasteiger partial charge >= 0.3 is 0 Å². The molecule has 0 heterocycles. The molecule has 0 saturated carbocycles. The van der Waals surface area contributed by atoms with Crippen molar-refractivity contribution in [2.75, 3.05) is 7.11 Å². The third-order valence-electron chi connectivity index (χ3n) is 3.35. The van der Waals surface area contributed by atoms with Crippen molar-refractivity contribution in [3.8, 4) is 5.75 Å². The first-order valence-electron chi connectivity index (χ1n) is 5.41. The van der Waals surface area contributed by atoms with Crippen molar-refractivity contribution in [1.29, 1.82) is 0 Å². The molecule has 0 fully saturated rings. The van der Waals surface area contributed by atoms with Gasteiger partial charge in [-0.1, -0.05) is 29.8 Å². The second kappa shape index (κ2) is 3.82. The Labute approximate surface area is 100.0 Å². The number of hydrogen-bond donors (Lipinski definition) is 0. The van der Waals surface area contributed by atoms with E-state index in [1.54, 1.807) is 7.11 Å². The van der Waals surface area contributed by atoms with E-state index in [9.17, 15) is 0 Å². The smallest absolute Gasteiger partial charge is 0.123 e. The molecule has 0 amide bonds. The van der Waals surface area contributed by atoms with Crippen LogP contribution in [-0.2, 0) is 11.8 Å². The van der Waals surface area contributed by atoms with Crippen molar-refractivity contribution in [1.82, 2.24) is 0 Å². The van der Waals surface area contributed by atoms with Crippen molar-refractivity contribution in [3.63, 3.8) is 0 Å². The molecule has 1 aliphatic rings. The van der Waals surface area contributed by atoms with E-state index in [1.807, 2.05) is 0 Å². The highest BCUT2D eigenvalue weighted by Crippen LogP contribution is 2.42. The van der Waals surface area contributed by atoms with Crippen molar-refractivity contribution >= 4 is 15.9 Å². The second-order valence-electron chi connectivity index (χ2n) is 4.87. The van der Waals surface area contributed by atoms with Crippen molar-refractivity contribution in [2.45, 2.75) is 38.5 Å². The summed E-state index contributed by atoms with van der Waals surface area (Å²) in [5.74, 6) is 1.03. The van der Waals surface area contributed by atoms with Gasteiger partial charge in [0.15, 0.2) is 0 Å². The van der Waals surface area contributed by atoms with E-state index in [0.29, 0.717) is 0 Å². The Hall–Kier alpha value is -0.500. The van der Waals surface area contributed by atoms with Crippen LogP contribution in [-0.4, -0.2) is 7.11 Å². The maximum atomic E-state index is 5.46. The molecule has 1 aliphatic carbocycles. The molecule has 2 rings (SSSR count). The highest BCUT2D eigenvalue weighted by atomic mass is 79.9. The summed E-state index contributed by atoms with van der Waals surface area (Å²) in [5, 5.41) is 0. The minimum Gasteiger partial charge on any atom is -0.496 e. The van der Waals surface area contributed by atoms with Crippen molar-refractivity contribution in [3.05, 3.63) is 27.7 Å². The van der Waals surface area contributed by atoms with Gasteiger partial charge in [0.2, 0.25) is 0 Å². The average Bonchev–Trinajstić information content (AvgIpc) is 2.18. The molecule has 2 heteroatoms. The molecule has 0 aliphatic heterocycles. The lowest BCUT2D eigenvalue weighted by atomic mass is 9.72. The topological polar surface area (TPSA) is 9.23 Å². The van der Waals surface area contributed by atoms with E-state index >= 15 is 0 Å². The molecule has 0 aromatic heterocycles. The minimum absolute atomic E-state index is 0.282. The SMILES string of the molecule is COc1cc(Br)cc2c1CCCC2(C)C. The minimum atomic E-state index is 0.282. The van der Waals surface area contributed by atoms with Crippen LogP contribution in [0.2, 0.25) is 0 Å². The number of rotatable bonds is 1. The molecule has 1 aromatic carbocycles. The predicted molar refractivity (Wildman–Crippen MR) is 66.7 cm³/mol. The Morgan fingerprint density at radius 1 is 1.33 bits per heavy atom. The molecule has 1 nitrogen and oxygen atoms in total. The first-order valence-corrected chi connectivity index (χ1v) is 6.21. The monoisotopic (exact) mass is 268 g/mol. The molecule has 0 atom stereocenters. The molecule has 0 N–H and O–H groups in total. The Bertz CT molecular complexity index is 382. The summed E-state index contributed by atoms with van der Waals surface area (Å²) in [6.07, 6.45) is 3.67. The van der Waals surface area contributed by atoms with Crippen LogP contribution < -0.4 is 4.74 Å². The van der Waals surface area contributed by atoms with Gasteiger partial charge in [-0.2, -0.15) is 0 Å². The van der Waals surface area contributed by atoms with Crippen LogP contribution in [0.4, 0.5) is 0 Å². The van der Waals surface area contributed by atoms with E-state index in [-0.39, 0.29) is 5.41 Å². The fourth-order valence-corrected chi connectivity index (χ4v) is 2.93. The van der Waals surface area contributed by atoms with Gasteiger partial charge < -0.3 is 4.74 Å². The van der Waals surface area contributed by atoms with E-state index in [2.05, 4.69) is 41.9 Å². The van der Waals surface area contributed by atoms with E-state index in [1.165, 1.54) is 24.0 Å². The van der Waals surface area contributed by atoms with Crippen LogP contribution in [0.25, 0.3) is 0 Å². The highest BCUT2D eigenvalue weighted by molar-refractivity contribution is 9.10. The summed E-state index contributed by atoms with van der Waals surface area (Å²) >= 11 is 3.55. The summed E-state index contributed by atoms with van der Waals surface area (Å²) in [6, 6.07) is 4.32. The molecule has 0 saturated heterocycles. The number of methoxy groups -OCH3 is 1. The maximum absolute atomic E-state index is 5.46. The number of halogens is 1. The summed E-state index contributed by atoms with van der Waals surface area (Å²) in [4.78, 5) is 0. The summed E-state index contributed by atoms with van der Waals surface area (Å²) < 4.78 is 6.58. The van der Waals surface area contributed by atoms with Crippen LogP contribution in [0.5, 0.6) is 5.75 Å². The summed E-state index contributed by atoms with van der Waals surface area (Å²) in [6.45, 7) is 4.63. The van der Waals surface area contributed by atoms with Gasteiger partial charge in [0, 0.05) is 4.47 Å². The average molecular weight is 269 g/mol. The Morgan fingerprint density at radius 3 is 2.73 bits per heavy atom. The third-order valence-corrected chi connectivity index (χ3v) is 3.81. The molecular weight excluding hydrogens is 252 g/mol. The molecule has 15 heavy (non-hydrogen) atoms. The summed E-state index contributed by atoms with van der Waals surface area (Å²) in [7, 11) is 1.75. The second-order valence-corrected chi connectivity index (χ2v) is 5.79. The fraction of sp³-hybridized carbons (Fsp3) is 0.538. The van der Waals surface area contributed by atoms with Gasteiger partial charge in [-0.05, 0) is 47.9 Å². The van der Waals surface area contributed by atoms with Crippen LogP contribution in [0.3, 0.4) is 0 Å². The van der Waals surface area contributed by atoms with Crippen molar-refractivity contribution in [2.24, 2.45) is 0 Å². The van der Waals surface area contributed by atoms with Gasteiger partial charge in [-0.15, -0.1) is 0 Å². The van der Waals surface area contributed by atoms with Gasteiger partial charge in [0.25, 0.3) is 0 Å². The lowest BCUT2D eigenvalue weighted by molar-refractivity contribution is 0.385. The standard InChI is InChI=1S/C13H17BrO/c1-13(2)6-4-5-10-11(13)7-9(14)8-12(10)15-3/h7-8H,4-6H2,1-3H3. The maximum Gasteiger partial charge on any atom is 0.123 e. The number of fused-ring (bicyclic) bond motifs is 1. The summed E-state index contributed by atoms with van der Waals surface area (Å²) in [5.41, 5.74) is 3.13. The lowest BCUT2D eigenvalue weighted by Gasteiger charge is -2.33. The Morgan fingerprint density at radius 2 is 2.07 bits per heavy atom. The zero-order valence-electron chi connectivity index (χ0n) is 9.56. The molecule has 0 unspecified atom stereocenters. The Balaban J connectivity index is 2.61. The zero-order chi connectivity index (χ0) is 11.1. The third kappa shape index (κ3) is 1.92. The van der Waals surface area contributed by atoms with E-state index < -0.39 is 0 Å². The first-order chi connectivity index (χ1) is 7.04. The number of hydrogen-bond acceptors (Lipinski definition) is 1. The van der Waals surface area contributed by atoms with E-state index in [0.717, 1.165) is 16.6 Å². The normalized spacial score (nSPS) is 18.4.